The Kier molecular flexibility index (Phi) is 3.47. The Morgan fingerprint density at radius 3 is 2.00 bits per heavy atom. The standard InChI is InChI=1S/C18H14Cl6/c19-14-15(20)17(22)13-11-7-9(12(13)16(14,21)18(17,23)24)6-10(11)8-4-2-1-3-5-8/h1-5,9-13H,6-7H2/t9-,10+,11-,12+,13+,16-,17-/m0/s1. The molecule has 24 heavy (non-hydrogen) atoms. The minimum Gasteiger partial charge on any atom is -0.109 e. The Bertz CT molecular complexity index is 758. The van der Waals surface area contributed by atoms with Crippen molar-refractivity contribution in [3.8, 4) is 0 Å². The lowest BCUT2D eigenvalue weighted by atomic mass is 9.67. The number of benzene rings is 1. The number of fused-ring (bicyclic) bond motifs is 9. The van der Waals surface area contributed by atoms with Crippen LogP contribution in [0.5, 0.6) is 0 Å². The zero-order valence-electron chi connectivity index (χ0n) is 12.5. The summed E-state index contributed by atoms with van der Waals surface area (Å²) in [6, 6.07) is 10.6. The Morgan fingerprint density at radius 2 is 1.38 bits per heavy atom. The van der Waals surface area contributed by atoms with Crippen LogP contribution in [0, 0.1) is 23.7 Å². The van der Waals surface area contributed by atoms with Crippen molar-refractivity contribution in [2.45, 2.75) is 32.8 Å². The fraction of sp³-hybridized carbons (Fsp3) is 0.556. The first-order valence-corrected chi connectivity index (χ1v) is 10.4. The molecule has 3 saturated carbocycles. The van der Waals surface area contributed by atoms with Gasteiger partial charge in [-0.25, -0.2) is 0 Å². The van der Waals surface area contributed by atoms with Crippen LogP contribution in [0.3, 0.4) is 0 Å². The quantitative estimate of drug-likeness (QED) is 0.328. The summed E-state index contributed by atoms with van der Waals surface area (Å²) in [5.74, 6) is 1.35. The van der Waals surface area contributed by atoms with Crippen LogP contribution in [0.2, 0.25) is 0 Å². The molecular weight excluding hydrogens is 429 g/mol. The maximum atomic E-state index is 7.05. The van der Waals surface area contributed by atoms with E-state index in [0.717, 1.165) is 12.8 Å². The lowest BCUT2D eigenvalue weighted by molar-refractivity contribution is 0.196. The highest BCUT2D eigenvalue weighted by atomic mass is 35.5. The van der Waals surface area contributed by atoms with Crippen LogP contribution in [0.15, 0.2) is 40.4 Å². The Hall–Kier alpha value is 0.700. The van der Waals surface area contributed by atoms with Gasteiger partial charge in [0.2, 0.25) is 0 Å². The van der Waals surface area contributed by atoms with Gasteiger partial charge >= 0.3 is 0 Å². The topological polar surface area (TPSA) is 0 Å². The summed E-state index contributed by atoms with van der Waals surface area (Å²) in [4.78, 5) is -2.18. The highest BCUT2D eigenvalue weighted by molar-refractivity contribution is 6.65. The van der Waals surface area contributed by atoms with Crippen molar-refractivity contribution in [3.63, 3.8) is 0 Å². The van der Waals surface area contributed by atoms with Crippen LogP contribution in [0.1, 0.15) is 24.3 Å². The molecule has 4 bridgehead atoms. The molecule has 0 radical (unpaired) electrons. The molecule has 7 atom stereocenters. The molecule has 0 spiro atoms. The highest BCUT2D eigenvalue weighted by Gasteiger charge is 2.86. The minimum atomic E-state index is -1.39. The van der Waals surface area contributed by atoms with Gasteiger partial charge in [0, 0.05) is 0 Å². The molecule has 128 valence electrons. The van der Waals surface area contributed by atoms with Crippen LogP contribution in [-0.2, 0) is 0 Å². The molecule has 4 aliphatic rings. The number of alkyl halides is 4. The first-order valence-electron chi connectivity index (χ1n) is 8.13. The zero-order chi connectivity index (χ0) is 17.1. The molecule has 1 aromatic rings. The minimum absolute atomic E-state index is 0.0469. The molecule has 5 rings (SSSR count). The monoisotopic (exact) mass is 440 g/mol. The van der Waals surface area contributed by atoms with Crippen molar-refractivity contribution < 1.29 is 0 Å². The maximum Gasteiger partial charge on any atom is 0.166 e. The summed E-state index contributed by atoms with van der Waals surface area (Å²) in [6.45, 7) is 0. The second-order valence-corrected chi connectivity index (χ2v) is 10.9. The van der Waals surface area contributed by atoms with Crippen molar-refractivity contribution in [3.05, 3.63) is 46.0 Å². The van der Waals surface area contributed by atoms with E-state index in [1.807, 2.05) is 6.07 Å². The molecule has 0 nitrogen and oxygen atoms in total. The van der Waals surface area contributed by atoms with Crippen LogP contribution < -0.4 is 0 Å². The molecule has 0 aromatic heterocycles. The molecule has 0 N–H and O–H groups in total. The van der Waals surface area contributed by atoms with E-state index in [2.05, 4.69) is 24.3 Å². The summed E-state index contributed by atoms with van der Waals surface area (Å²) >= 11 is 40.6. The lowest BCUT2D eigenvalue weighted by Gasteiger charge is -2.42. The summed E-state index contributed by atoms with van der Waals surface area (Å²) in [5, 5.41) is 0.683. The van der Waals surface area contributed by atoms with Gasteiger partial charge in [-0.3, -0.25) is 0 Å². The molecule has 0 unspecified atom stereocenters. The predicted octanol–water partition coefficient (Wildman–Crippen LogP) is 6.89. The number of hydrogen-bond donors (Lipinski definition) is 0. The zero-order valence-corrected chi connectivity index (χ0v) is 17.0. The molecule has 0 amide bonds. The van der Waals surface area contributed by atoms with E-state index < -0.39 is 14.1 Å². The van der Waals surface area contributed by atoms with E-state index in [4.69, 9.17) is 69.6 Å². The fourth-order valence-electron chi connectivity index (χ4n) is 6.13. The summed E-state index contributed by atoms with van der Waals surface area (Å²) in [5.41, 5.74) is 1.34. The molecule has 0 aliphatic heterocycles. The Morgan fingerprint density at radius 1 is 0.792 bits per heavy atom. The molecule has 0 saturated heterocycles. The maximum absolute atomic E-state index is 7.05. The van der Waals surface area contributed by atoms with Crippen LogP contribution in [-0.4, -0.2) is 14.1 Å². The van der Waals surface area contributed by atoms with Gasteiger partial charge in [0.25, 0.3) is 0 Å². The van der Waals surface area contributed by atoms with Gasteiger partial charge in [-0.1, -0.05) is 76.7 Å². The van der Waals surface area contributed by atoms with Crippen LogP contribution >= 0.6 is 69.6 Å². The van der Waals surface area contributed by atoms with Gasteiger partial charge in [-0.05, 0) is 48.0 Å². The van der Waals surface area contributed by atoms with Gasteiger partial charge in [0.1, 0.15) is 9.75 Å². The second kappa shape index (κ2) is 4.94. The molecular formula is C18H14Cl6. The Balaban J connectivity index is 1.65. The van der Waals surface area contributed by atoms with Gasteiger partial charge < -0.3 is 0 Å². The van der Waals surface area contributed by atoms with E-state index in [1.165, 1.54) is 5.56 Å². The van der Waals surface area contributed by atoms with Crippen molar-refractivity contribution in [1.29, 1.82) is 0 Å². The fourth-order valence-corrected chi connectivity index (χ4v) is 9.28. The van der Waals surface area contributed by atoms with Gasteiger partial charge in [0.15, 0.2) is 4.33 Å². The third-order valence-electron chi connectivity index (χ3n) is 6.90. The first kappa shape index (κ1) is 16.8. The molecule has 6 heteroatoms. The summed E-state index contributed by atoms with van der Waals surface area (Å²) in [6.07, 6.45) is 2.15. The third kappa shape index (κ3) is 1.56. The Labute approximate surface area is 171 Å². The normalized spacial score (nSPS) is 50.7. The van der Waals surface area contributed by atoms with Gasteiger partial charge in [-0.2, -0.15) is 0 Å². The number of rotatable bonds is 1. The van der Waals surface area contributed by atoms with Gasteiger partial charge in [0.05, 0.1) is 10.1 Å². The number of halogens is 6. The van der Waals surface area contributed by atoms with Crippen molar-refractivity contribution in [1.82, 2.24) is 0 Å². The number of allylic oxidation sites excluding steroid dienone is 2. The SMILES string of the molecule is ClC1=C(Cl)[C@@]2(Cl)[C@@H]3[C@H]4C[C@H](C[C@@H]4c4ccccc4)[C@H]3[C@@]1(Cl)C2(Cl)Cl. The third-order valence-corrected chi connectivity index (χ3v) is 11.2. The van der Waals surface area contributed by atoms with Crippen molar-refractivity contribution in [2.24, 2.45) is 23.7 Å². The highest BCUT2D eigenvalue weighted by Crippen LogP contribution is 2.83. The van der Waals surface area contributed by atoms with E-state index >= 15 is 0 Å². The van der Waals surface area contributed by atoms with E-state index in [0.29, 0.717) is 27.8 Å². The molecule has 3 fully saturated rings. The summed E-state index contributed by atoms with van der Waals surface area (Å²) < 4.78 is -1.39. The molecule has 4 aliphatic carbocycles. The van der Waals surface area contributed by atoms with E-state index in [9.17, 15) is 0 Å². The number of hydrogen-bond acceptors (Lipinski definition) is 0. The lowest BCUT2D eigenvalue weighted by Crippen LogP contribution is -2.46. The van der Waals surface area contributed by atoms with E-state index in [1.54, 1.807) is 0 Å². The van der Waals surface area contributed by atoms with Crippen LogP contribution in [0.25, 0.3) is 0 Å². The average Bonchev–Trinajstić information content (AvgIpc) is 3.22. The van der Waals surface area contributed by atoms with Crippen LogP contribution in [0.4, 0.5) is 0 Å². The predicted molar refractivity (Wildman–Crippen MR) is 103 cm³/mol. The molecule has 0 heterocycles. The first-order chi connectivity index (χ1) is 11.3. The van der Waals surface area contributed by atoms with Crippen molar-refractivity contribution >= 4 is 69.6 Å². The average molecular weight is 443 g/mol. The van der Waals surface area contributed by atoms with Gasteiger partial charge in [-0.15, -0.1) is 23.2 Å². The largest absolute Gasteiger partial charge is 0.166 e. The van der Waals surface area contributed by atoms with Crippen molar-refractivity contribution in [2.75, 3.05) is 0 Å². The van der Waals surface area contributed by atoms with E-state index in [-0.39, 0.29) is 11.8 Å². The molecule has 1 aromatic carbocycles. The summed E-state index contributed by atoms with van der Waals surface area (Å²) in [7, 11) is 0. The second-order valence-electron chi connectivity index (χ2n) is 7.59. The smallest absolute Gasteiger partial charge is 0.109 e.